The minimum absolute atomic E-state index is 0. The Labute approximate surface area is 158 Å². The second kappa shape index (κ2) is 7.76. The van der Waals surface area contributed by atoms with Gasteiger partial charge in [0.15, 0.2) is 5.69 Å². The van der Waals surface area contributed by atoms with Crippen LogP contribution in [-0.4, -0.2) is 34.8 Å². The van der Waals surface area contributed by atoms with Gasteiger partial charge in [-0.05, 0) is 63.3 Å². The molecule has 1 aliphatic heterocycles. The Morgan fingerprint density at radius 3 is 2.96 bits per heavy atom. The minimum atomic E-state index is -0.306. The molecule has 1 saturated heterocycles. The van der Waals surface area contributed by atoms with Crippen LogP contribution in [0.15, 0.2) is 18.2 Å². The number of fused-ring (bicyclic) bond motifs is 1. The first-order valence-corrected chi connectivity index (χ1v) is 9.02. The van der Waals surface area contributed by atoms with Crippen LogP contribution in [0.5, 0.6) is 0 Å². The van der Waals surface area contributed by atoms with Gasteiger partial charge < -0.3 is 10.6 Å². The average Bonchev–Trinajstić information content (AvgIpc) is 3.31. The largest absolute Gasteiger partial charge is 0.349 e. The van der Waals surface area contributed by atoms with Crippen LogP contribution in [0.3, 0.4) is 0 Å². The first kappa shape index (κ1) is 18.9. The highest BCUT2D eigenvalue weighted by Crippen LogP contribution is 2.29. The van der Waals surface area contributed by atoms with Gasteiger partial charge in [-0.25, -0.2) is 9.07 Å². The fraction of sp³-hybridized carbons (Fsp3) is 0.474. The number of aryl methyl sites for hydroxylation is 1. The molecule has 5 nitrogen and oxygen atoms in total. The maximum absolute atomic E-state index is 14.4. The van der Waals surface area contributed by atoms with Crippen molar-refractivity contribution < 1.29 is 9.18 Å². The van der Waals surface area contributed by atoms with Gasteiger partial charge >= 0.3 is 0 Å². The van der Waals surface area contributed by atoms with Crippen LogP contribution >= 0.6 is 12.4 Å². The highest BCUT2D eigenvalue weighted by atomic mass is 35.5. The van der Waals surface area contributed by atoms with Crippen LogP contribution in [0.2, 0.25) is 0 Å². The number of carbonyl (C=O) groups is 1. The topological polar surface area (TPSA) is 59.0 Å². The second-order valence-corrected chi connectivity index (χ2v) is 7.00. The maximum atomic E-state index is 14.4. The first-order valence-electron chi connectivity index (χ1n) is 9.02. The summed E-state index contributed by atoms with van der Waals surface area (Å²) in [6.45, 7) is 3.48. The third kappa shape index (κ3) is 3.48. The Balaban J connectivity index is 0.00000196. The van der Waals surface area contributed by atoms with Gasteiger partial charge in [-0.15, -0.1) is 12.4 Å². The summed E-state index contributed by atoms with van der Waals surface area (Å²) in [7, 11) is 0. The molecule has 7 heteroatoms. The van der Waals surface area contributed by atoms with E-state index in [1.54, 1.807) is 10.7 Å². The van der Waals surface area contributed by atoms with Gasteiger partial charge in [0.1, 0.15) is 11.5 Å². The zero-order chi connectivity index (χ0) is 17.4. The van der Waals surface area contributed by atoms with Crippen molar-refractivity contribution in [3.63, 3.8) is 0 Å². The molecule has 1 aromatic heterocycles. The van der Waals surface area contributed by atoms with Gasteiger partial charge in [0.2, 0.25) is 0 Å². The Hall–Kier alpha value is -1.92. The number of rotatable bonds is 4. The molecule has 0 radical (unpaired) electrons. The summed E-state index contributed by atoms with van der Waals surface area (Å²) < 4.78 is 16.0. The Morgan fingerprint density at radius 2 is 2.23 bits per heavy atom. The van der Waals surface area contributed by atoms with Gasteiger partial charge in [-0.3, -0.25) is 4.79 Å². The number of hydrogen-bond donors (Lipinski definition) is 2. The van der Waals surface area contributed by atoms with E-state index in [0.29, 0.717) is 24.0 Å². The Kier molecular flexibility index (Phi) is 5.63. The summed E-state index contributed by atoms with van der Waals surface area (Å²) in [6.07, 6.45) is 4.87. The molecule has 1 fully saturated rings. The number of nitrogens with one attached hydrogen (secondary N) is 2. The van der Waals surface area contributed by atoms with Crippen LogP contribution in [-0.2, 0) is 12.8 Å². The van der Waals surface area contributed by atoms with Crippen molar-refractivity contribution in [3.8, 4) is 5.69 Å². The number of aromatic nitrogens is 2. The van der Waals surface area contributed by atoms with E-state index in [1.165, 1.54) is 6.07 Å². The normalized spacial score (nSPS) is 18.5. The van der Waals surface area contributed by atoms with E-state index in [1.807, 2.05) is 13.0 Å². The van der Waals surface area contributed by atoms with Crippen LogP contribution in [0.4, 0.5) is 4.39 Å². The Bertz CT molecular complexity index is 814. The molecule has 0 spiro atoms. The highest BCUT2D eigenvalue weighted by Gasteiger charge is 2.28. The molecule has 2 heterocycles. The van der Waals surface area contributed by atoms with Gasteiger partial charge in [0.05, 0.1) is 0 Å². The molecule has 2 N–H and O–H groups in total. The van der Waals surface area contributed by atoms with E-state index in [-0.39, 0.29) is 24.1 Å². The van der Waals surface area contributed by atoms with E-state index in [2.05, 4.69) is 15.7 Å². The predicted octanol–water partition coefficient (Wildman–Crippen LogP) is 2.71. The molecule has 4 rings (SSSR count). The predicted molar refractivity (Wildman–Crippen MR) is 101 cm³/mol. The first-order chi connectivity index (χ1) is 12.1. The number of nitrogens with zero attached hydrogens (tertiary/aromatic N) is 2. The summed E-state index contributed by atoms with van der Waals surface area (Å²) in [5.41, 5.74) is 3.67. The highest BCUT2D eigenvalue weighted by molar-refractivity contribution is 5.94. The van der Waals surface area contributed by atoms with E-state index < -0.39 is 0 Å². The molecule has 1 amide bonds. The van der Waals surface area contributed by atoms with Crippen LogP contribution in [0.25, 0.3) is 5.69 Å². The molecule has 1 aromatic carbocycles. The maximum Gasteiger partial charge on any atom is 0.272 e. The molecular weight excluding hydrogens is 355 g/mol. The number of halogens is 2. The van der Waals surface area contributed by atoms with Crippen LogP contribution < -0.4 is 10.6 Å². The Morgan fingerprint density at radius 1 is 1.38 bits per heavy atom. The summed E-state index contributed by atoms with van der Waals surface area (Å²) >= 11 is 0. The second-order valence-electron chi connectivity index (χ2n) is 7.00. The van der Waals surface area contributed by atoms with Crippen molar-refractivity contribution in [3.05, 3.63) is 46.5 Å². The van der Waals surface area contributed by atoms with Gasteiger partial charge in [0.25, 0.3) is 5.91 Å². The summed E-state index contributed by atoms with van der Waals surface area (Å²) in [4.78, 5) is 12.6. The van der Waals surface area contributed by atoms with Crippen molar-refractivity contribution in [2.45, 2.75) is 45.1 Å². The average molecular weight is 379 g/mol. The van der Waals surface area contributed by atoms with Gasteiger partial charge in [-0.2, -0.15) is 5.10 Å². The molecule has 1 unspecified atom stereocenters. The van der Waals surface area contributed by atoms with E-state index in [4.69, 9.17) is 0 Å². The number of amides is 1. The zero-order valence-electron chi connectivity index (χ0n) is 14.8. The smallest absolute Gasteiger partial charge is 0.272 e. The molecular formula is C19H24ClFN4O. The molecule has 2 aromatic rings. The lowest BCUT2D eigenvalue weighted by molar-refractivity contribution is 0.0944. The van der Waals surface area contributed by atoms with E-state index in [0.717, 1.165) is 55.5 Å². The van der Waals surface area contributed by atoms with Crippen molar-refractivity contribution >= 4 is 18.3 Å². The quantitative estimate of drug-likeness (QED) is 0.860. The van der Waals surface area contributed by atoms with Gasteiger partial charge in [-0.1, -0.05) is 6.07 Å². The third-order valence-corrected chi connectivity index (χ3v) is 5.15. The summed E-state index contributed by atoms with van der Waals surface area (Å²) in [5.74, 6) is -0.461. The minimum Gasteiger partial charge on any atom is -0.349 e. The van der Waals surface area contributed by atoms with Gasteiger partial charge in [0, 0.05) is 23.8 Å². The summed E-state index contributed by atoms with van der Waals surface area (Å²) in [6, 6.07) is 5.45. The van der Waals surface area contributed by atoms with Crippen molar-refractivity contribution in [2.75, 3.05) is 13.1 Å². The number of benzene rings is 1. The molecule has 140 valence electrons. The molecule has 0 bridgehead atoms. The molecule has 2 aliphatic rings. The molecule has 1 aliphatic carbocycles. The fourth-order valence-corrected chi connectivity index (χ4v) is 3.83. The third-order valence-electron chi connectivity index (χ3n) is 5.15. The molecule has 26 heavy (non-hydrogen) atoms. The lowest BCUT2D eigenvalue weighted by atomic mass is 10.1. The van der Waals surface area contributed by atoms with E-state index in [9.17, 15) is 9.18 Å². The monoisotopic (exact) mass is 378 g/mol. The van der Waals surface area contributed by atoms with Crippen LogP contribution in [0, 0.1) is 12.7 Å². The molecule has 1 atom stereocenters. The SMILES string of the molecule is Cc1ccc(-n2nc(C(=O)NCC3CCCN3)c3c2CCC3)c(F)c1.Cl. The zero-order valence-corrected chi connectivity index (χ0v) is 15.7. The van der Waals surface area contributed by atoms with Crippen LogP contribution in [0.1, 0.15) is 46.6 Å². The number of carbonyl (C=O) groups excluding carboxylic acids is 1. The summed E-state index contributed by atoms with van der Waals surface area (Å²) in [5, 5.41) is 10.8. The molecule has 0 saturated carbocycles. The number of hydrogen-bond acceptors (Lipinski definition) is 3. The lowest BCUT2D eigenvalue weighted by Gasteiger charge is -2.11. The van der Waals surface area contributed by atoms with Crippen molar-refractivity contribution in [2.24, 2.45) is 0 Å². The van der Waals surface area contributed by atoms with Crippen molar-refractivity contribution in [1.82, 2.24) is 20.4 Å². The van der Waals surface area contributed by atoms with Crippen molar-refractivity contribution in [1.29, 1.82) is 0 Å². The standard InChI is InChI=1S/C19H23FN4O.ClH/c1-12-7-8-17(15(20)10-12)24-16-6-2-5-14(16)18(23-24)19(25)22-11-13-4-3-9-21-13;/h7-8,10,13,21H,2-6,9,11H2,1H3,(H,22,25);1H. The van der Waals surface area contributed by atoms with E-state index >= 15 is 0 Å². The lowest BCUT2D eigenvalue weighted by Crippen LogP contribution is -2.37. The fourth-order valence-electron chi connectivity index (χ4n) is 3.83.